The van der Waals surface area contributed by atoms with Crippen LogP contribution in [0.2, 0.25) is 0 Å². The summed E-state index contributed by atoms with van der Waals surface area (Å²) in [5.41, 5.74) is 3.19. The van der Waals surface area contributed by atoms with Crippen LogP contribution < -0.4 is 5.32 Å². The van der Waals surface area contributed by atoms with Crippen molar-refractivity contribution >= 4 is 37.6 Å². The summed E-state index contributed by atoms with van der Waals surface area (Å²) in [6.45, 7) is 8.02. The molecule has 3 aromatic rings. The van der Waals surface area contributed by atoms with E-state index in [1.807, 2.05) is 0 Å². The van der Waals surface area contributed by atoms with Crippen molar-refractivity contribution in [3.63, 3.8) is 0 Å². The van der Waals surface area contributed by atoms with Gasteiger partial charge in [-0.05, 0) is 26.3 Å². The van der Waals surface area contributed by atoms with Crippen molar-refractivity contribution in [1.29, 1.82) is 0 Å². The van der Waals surface area contributed by atoms with E-state index < -0.39 is 0 Å². The lowest BCUT2D eigenvalue weighted by molar-refractivity contribution is -0.0411. The molecule has 4 heterocycles. The number of rotatable bonds is 5. The highest BCUT2D eigenvalue weighted by Crippen LogP contribution is 2.37. The highest BCUT2D eigenvalue weighted by Gasteiger charge is 2.28. The number of nitrogens with zero attached hydrogens (tertiary/aromatic N) is 3. The fourth-order valence-electron chi connectivity index (χ4n) is 3.29. The Labute approximate surface area is 151 Å². The molecule has 132 valence electrons. The number of unbranched alkanes of at least 4 members (excludes halogenated alkanes) is 2. The number of pyridine rings is 1. The standard InChI is InChI=1S/C19H24N4OS/c1-4-5-6-7-20-17-16-15(21-11-22-17)13-8-12-10-24-19(2,3)9-14(12)23-18(13)25-16/h8,11H,4-7,9-10H2,1-3H3,(H,20,21,22). The van der Waals surface area contributed by atoms with E-state index in [-0.39, 0.29) is 5.60 Å². The van der Waals surface area contributed by atoms with Crippen molar-refractivity contribution < 1.29 is 4.74 Å². The van der Waals surface area contributed by atoms with Gasteiger partial charge >= 0.3 is 0 Å². The molecule has 1 aliphatic rings. The number of aromatic nitrogens is 3. The van der Waals surface area contributed by atoms with Gasteiger partial charge in [-0.2, -0.15) is 0 Å². The van der Waals surface area contributed by atoms with Crippen molar-refractivity contribution in [3.05, 3.63) is 23.7 Å². The van der Waals surface area contributed by atoms with Crippen LogP contribution in [0.1, 0.15) is 51.3 Å². The van der Waals surface area contributed by atoms with Crippen LogP contribution in [0.25, 0.3) is 20.4 Å². The summed E-state index contributed by atoms with van der Waals surface area (Å²) in [7, 11) is 0. The van der Waals surface area contributed by atoms with Crippen LogP contribution in [0.3, 0.4) is 0 Å². The molecule has 25 heavy (non-hydrogen) atoms. The van der Waals surface area contributed by atoms with Crippen molar-refractivity contribution in [2.75, 3.05) is 11.9 Å². The van der Waals surface area contributed by atoms with Gasteiger partial charge in [0.15, 0.2) is 0 Å². The number of nitrogens with one attached hydrogen (secondary N) is 1. The molecule has 5 nitrogen and oxygen atoms in total. The van der Waals surface area contributed by atoms with Crippen molar-refractivity contribution in [3.8, 4) is 0 Å². The molecule has 6 heteroatoms. The Hall–Kier alpha value is -1.79. The summed E-state index contributed by atoms with van der Waals surface area (Å²) < 4.78 is 7.05. The van der Waals surface area contributed by atoms with Crippen LogP contribution >= 0.6 is 11.3 Å². The van der Waals surface area contributed by atoms with Crippen molar-refractivity contribution in [1.82, 2.24) is 15.0 Å². The molecular weight excluding hydrogens is 332 g/mol. The molecule has 3 aromatic heterocycles. The summed E-state index contributed by atoms with van der Waals surface area (Å²) in [5, 5.41) is 4.58. The maximum absolute atomic E-state index is 5.95. The Balaban J connectivity index is 1.74. The zero-order valence-corrected chi connectivity index (χ0v) is 15.9. The lowest BCUT2D eigenvalue weighted by atomic mass is 9.95. The predicted molar refractivity (Wildman–Crippen MR) is 103 cm³/mol. The third kappa shape index (κ3) is 3.20. The van der Waals surface area contributed by atoms with Crippen molar-refractivity contribution in [2.45, 2.75) is 58.7 Å². The molecule has 0 saturated carbocycles. The van der Waals surface area contributed by atoms with Gasteiger partial charge in [-0.15, -0.1) is 11.3 Å². The highest BCUT2D eigenvalue weighted by atomic mass is 32.1. The van der Waals surface area contributed by atoms with E-state index in [4.69, 9.17) is 9.72 Å². The molecule has 0 amide bonds. The molecular formula is C19H24N4OS. The second-order valence-electron chi connectivity index (χ2n) is 7.31. The molecule has 0 saturated heterocycles. The summed E-state index contributed by atoms with van der Waals surface area (Å²) in [6.07, 6.45) is 6.11. The molecule has 0 spiro atoms. The van der Waals surface area contributed by atoms with Crippen LogP contribution in [0.5, 0.6) is 0 Å². The molecule has 0 aromatic carbocycles. The van der Waals surface area contributed by atoms with E-state index in [1.165, 1.54) is 18.4 Å². The molecule has 1 N–H and O–H groups in total. The zero-order chi connectivity index (χ0) is 17.4. The largest absolute Gasteiger partial charge is 0.370 e. The quantitative estimate of drug-likeness (QED) is 0.672. The van der Waals surface area contributed by atoms with E-state index in [2.05, 4.69) is 42.1 Å². The van der Waals surface area contributed by atoms with E-state index in [0.717, 1.165) is 51.3 Å². The fourth-order valence-corrected chi connectivity index (χ4v) is 4.39. The number of thiophene rings is 1. The Kier molecular flexibility index (Phi) is 4.33. The normalized spacial score (nSPS) is 16.3. The maximum atomic E-state index is 5.95. The van der Waals surface area contributed by atoms with Gasteiger partial charge in [-0.3, -0.25) is 0 Å². The number of hydrogen-bond acceptors (Lipinski definition) is 6. The summed E-state index contributed by atoms with van der Waals surface area (Å²) in [4.78, 5) is 15.0. The van der Waals surface area contributed by atoms with Crippen LogP contribution in [0, 0.1) is 0 Å². The minimum absolute atomic E-state index is 0.143. The second-order valence-corrected chi connectivity index (χ2v) is 8.31. The van der Waals surface area contributed by atoms with E-state index >= 15 is 0 Å². The smallest absolute Gasteiger partial charge is 0.147 e. The average Bonchev–Trinajstić information content (AvgIpc) is 2.94. The Morgan fingerprint density at radius 1 is 1.28 bits per heavy atom. The fraction of sp³-hybridized carbons (Fsp3) is 0.526. The number of fused-ring (bicyclic) bond motifs is 4. The van der Waals surface area contributed by atoms with Crippen LogP contribution in [0.15, 0.2) is 12.4 Å². The van der Waals surface area contributed by atoms with Crippen LogP contribution in [-0.4, -0.2) is 27.1 Å². The molecule has 0 fully saturated rings. The first-order valence-electron chi connectivity index (χ1n) is 9.01. The lowest BCUT2D eigenvalue weighted by Gasteiger charge is -2.30. The number of hydrogen-bond donors (Lipinski definition) is 1. The molecule has 1 aliphatic heterocycles. The topological polar surface area (TPSA) is 59.9 Å². The Bertz CT molecular complexity index is 919. The van der Waals surface area contributed by atoms with Crippen molar-refractivity contribution in [2.24, 2.45) is 0 Å². The Morgan fingerprint density at radius 2 is 2.16 bits per heavy atom. The van der Waals surface area contributed by atoms with E-state index in [1.54, 1.807) is 17.7 Å². The van der Waals surface area contributed by atoms with Gasteiger partial charge in [-0.1, -0.05) is 19.8 Å². The summed E-state index contributed by atoms with van der Waals surface area (Å²) in [5.74, 6) is 0.929. The van der Waals surface area contributed by atoms with E-state index in [0.29, 0.717) is 6.61 Å². The molecule has 0 atom stereocenters. The molecule has 4 rings (SSSR count). The van der Waals surface area contributed by atoms with Gasteiger partial charge in [0, 0.05) is 23.9 Å². The number of ether oxygens (including phenoxy) is 1. The highest BCUT2D eigenvalue weighted by molar-refractivity contribution is 7.25. The van der Waals surface area contributed by atoms with Gasteiger partial charge in [0.25, 0.3) is 0 Å². The molecule has 0 unspecified atom stereocenters. The van der Waals surface area contributed by atoms with Gasteiger partial charge < -0.3 is 10.1 Å². The number of anilines is 1. The second kappa shape index (κ2) is 6.50. The first kappa shape index (κ1) is 16.7. The van der Waals surface area contributed by atoms with Crippen LogP contribution in [-0.2, 0) is 17.8 Å². The summed E-state index contributed by atoms with van der Waals surface area (Å²) in [6, 6.07) is 2.21. The predicted octanol–water partition coefficient (Wildman–Crippen LogP) is 4.69. The minimum Gasteiger partial charge on any atom is -0.370 e. The van der Waals surface area contributed by atoms with E-state index in [9.17, 15) is 0 Å². The van der Waals surface area contributed by atoms with Gasteiger partial charge in [-0.25, -0.2) is 15.0 Å². The van der Waals surface area contributed by atoms with Crippen LogP contribution in [0.4, 0.5) is 5.82 Å². The SMILES string of the molecule is CCCCCNc1ncnc2c1sc1nc3c(cc12)COC(C)(C)C3. The molecule has 0 bridgehead atoms. The van der Waals surface area contributed by atoms with Gasteiger partial charge in [0.2, 0.25) is 0 Å². The first-order valence-corrected chi connectivity index (χ1v) is 9.83. The Morgan fingerprint density at radius 3 is 3.00 bits per heavy atom. The van der Waals surface area contributed by atoms with Gasteiger partial charge in [0.05, 0.1) is 28.1 Å². The minimum atomic E-state index is -0.143. The zero-order valence-electron chi connectivity index (χ0n) is 15.1. The maximum Gasteiger partial charge on any atom is 0.147 e. The molecule has 0 radical (unpaired) electrons. The first-order chi connectivity index (χ1) is 12.1. The monoisotopic (exact) mass is 356 g/mol. The average molecular weight is 356 g/mol. The third-order valence-electron chi connectivity index (χ3n) is 4.70. The third-order valence-corrected chi connectivity index (χ3v) is 5.79. The lowest BCUT2D eigenvalue weighted by Crippen LogP contribution is -2.32. The molecule has 0 aliphatic carbocycles. The van der Waals surface area contributed by atoms with Gasteiger partial charge in [0.1, 0.15) is 17.0 Å². The summed E-state index contributed by atoms with van der Waals surface area (Å²) >= 11 is 1.69.